The molecule has 0 radical (unpaired) electrons. The Labute approximate surface area is 121 Å². The van der Waals surface area contributed by atoms with E-state index >= 15 is 0 Å². The van der Waals surface area contributed by atoms with Gasteiger partial charge in [-0.25, -0.2) is 0 Å². The molecule has 0 spiro atoms. The van der Waals surface area contributed by atoms with E-state index in [-0.39, 0.29) is 5.78 Å². The van der Waals surface area contributed by atoms with Crippen molar-refractivity contribution in [2.45, 2.75) is 13.8 Å². The molecular weight excluding hydrogens is 287 g/mol. The van der Waals surface area contributed by atoms with Gasteiger partial charge in [-0.1, -0.05) is 23.2 Å². The van der Waals surface area contributed by atoms with Crippen molar-refractivity contribution in [1.82, 2.24) is 0 Å². The summed E-state index contributed by atoms with van der Waals surface area (Å²) in [6.45, 7) is 4.04. The van der Waals surface area contributed by atoms with Gasteiger partial charge < -0.3 is 9.15 Å². The molecule has 0 N–H and O–H groups in total. The maximum atomic E-state index is 12.3. The summed E-state index contributed by atoms with van der Waals surface area (Å²) in [4.78, 5) is 12.3. The Balaban J connectivity index is 2.44. The number of benzene rings is 1. The minimum atomic E-state index is -0.221. The van der Waals surface area contributed by atoms with Gasteiger partial charge in [0.25, 0.3) is 0 Å². The van der Waals surface area contributed by atoms with Gasteiger partial charge in [0, 0.05) is 11.6 Å². The molecule has 1 aromatic heterocycles. The first-order chi connectivity index (χ1) is 9.04. The monoisotopic (exact) mass is 298 g/mol. The number of aryl methyl sites for hydroxylation is 1. The van der Waals surface area contributed by atoms with Crippen LogP contribution in [0.15, 0.2) is 28.9 Å². The molecule has 0 aliphatic carbocycles. The van der Waals surface area contributed by atoms with Gasteiger partial charge >= 0.3 is 0 Å². The molecule has 1 aromatic carbocycles. The topological polar surface area (TPSA) is 39.4 Å². The van der Waals surface area contributed by atoms with Crippen LogP contribution in [0.4, 0.5) is 0 Å². The van der Waals surface area contributed by atoms with Gasteiger partial charge in [0.1, 0.15) is 11.5 Å². The summed E-state index contributed by atoms with van der Waals surface area (Å²) in [6.07, 6.45) is 1.46. The fourth-order valence-corrected chi connectivity index (χ4v) is 2.19. The van der Waals surface area contributed by atoms with Gasteiger partial charge in [-0.2, -0.15) is 0 Å². The zero-order chi connectivity index (χ0) is 14.0. The highest BCUT2D eigenvalue weighted by molar-refractivity contribution is 6.37. The lowest BCUT2D eigenvalue weighted by Crippen LogP contribution is -2.03. The van der Waals surface area contributed by atoms with E-state index < -0.39 is 0 Å². The Morgan fingerprint density at radius 3 is 2.58 bits per heavy atom. The number of furan rings is 1. The first kappa shape index (κ1) is 14.0. The Kier molecular flexibility index (Phi) is 4.17. The molecule has 2 aromatic rings. The van der Waals surface area contributed by atoms with Crippen LogP contribution in [0.2, 0.25) is 10.0 Å². The van der Waals surface area contributed by atoms with Gasteiger partial charge in [-0.3, -0.25) is 4.79 Å². The highest BCUT2D eigenvalue weighted by Crippen LogP contribution is 2.32. The van der Waals surface area contributed by atoms with E-state index in [1.54, 1.807) is 19.1 Å². The van der Waals surface area contributed by atoms with Crippen molar-refractivity contribution >= 4 is 29.0 Å². The van der Waals surface area contributed by atoms with Gasteiger partial charge in [-0.15, -0.1) is 0 Å². The number of ether oxygens (including phenoxy) is 1. The van der Waals surface area contributed by atoms with E-state index in [4.69, 9.17) is 32.4 Å². The van der Waals surface area contributed by atoms with Crippen LogP contribution in [0.25, 0.3) is 0 Å². The first-order valence-corrected chi connectivity index (χ1v) is 6.50. The van der Waals surface area contributed by atoms with Crippen molar-refractivity contribution < 1.29 is 13.9 Å². The van der Waals surface area contributed by atoms with Crippen molar-refractivity contribution in [3.05, 3.63) is 51.4 Å². The van der Waals surface area contributed by atoms with Gasteiger partial charge in [-0.05, 0) is 26.0 Å². The molecule has 0 aliphatic rings. The lowest BCUT2D eigenvalue weighted by Gasteiger charge is -2.09. The van der Waals surface area contributed by atoms with Crippen LogP contribution < -0.4 is 4.74 Å². The van der Waals surface area contributed by atoms with Crippen LogP contribution >= 0.6 is 23.2 Å². The molecule has 5 heteroatoms. The number of ketones is 1. The Bertz CT molecular complexity index is 617. The van der Waals surface area contributed by atoms with Crippen LogP contribution in [-0.4, -0.2) is 12.4 Å². The maximum absolute atomic E-state index is 12.3. The van der Waals surface area contributed by atoms with Crippen LogP contribution in [0, 0.1) is 6.92 Å². The molecule has 0 amide bonds. The molecule has 1 heterocycles. The zero-order valence-corrected chi connectivity index (χ0v) is 12.0. The summed E-state index contributed by atoms with van der Waals surface area (Å²) in [5.74, 6) is 0.793. The smallest absolute Gasteiger partial charge is 0.198 e. The number of hydrogen-bond acceptors (Lipinski definition) is 3. The van der Waals surface area contributed by atoms with E-state index in [2.05, 4.69) is 0 Å². The summed E-state index contributed by atoms with van der Waals surface area (Å²) in [6, 6.07) is 4.68. The Morgan fingerprint density at radius 2 is 2.00 bits per heavy atom. The van der Waals surface area contributed by atoms with Crippen molar-refractivity contribution in [2.75, 3.05) is 6.61 Å². The van der Waals surface area contributed by atoms with E-state index in [0.29, 0.717) is 39.3 Å². The molecule has 0 bridgehead atoms. The predicted molar refractivity (Wildman–Crippen MR) is 74.5 cm³/mol. The summed E-state index contributed by atoms with van der Waals surface area (Å²) in [5, 5.41) is 0.661. The highest BCUT2D eigenvalue weighted by atomic mass is 35.5. The van der Waals surface area contributed by atoms with Crippen LogP contribution in [-0.2, 0) is 0 Å². The minimum absolute atomic E-state index is 0.221. The minimum Gasteiger partial charge on any atom is -0.492 e. The van der Waals surface area contributed by atoms with Crippen molar-refractivity contribution in [1.29, 1.82) is 0 Å². The van der Waals surface area contributed by atoms with Crippen molar-refractivity contribution in [3.63, 3.8) is 0 Å². The zero-order valence-electron chi connectivity index (χ0n) is 10.5. The molecule has 0 unspecified atom stereocenters. The molecule has 3 nitrogen and oxygen atoms in total. The van der Waals surface area contributed by atoms with E-state index in [1.165, 1.54) is 12.3 Å². The third-order valence-electron chi connectivity index (χ3n) is 2.67. The summed E-state index contributed by atoms with van der Waals surface area (Å²) in [7, 11) is 0. The summed E-state index contributed by atoms with van der Waals surface area (Å²) >= 11 is 12.2. The SMILES string of the molecule is CCOc1cc(Cl)c(C(=O)c2ccoc2C)cc1Cl. The molecule has 19 heavy (non-hydrogen) atoms. The molecular formula is C14H12Cl2O3. The fraction of sp³-hybridized carbons (Fsp3) is 0.214. The Hall–Kier alpha value is -1.45. The van der Waals surface area contributed by atoms with Gasteiger partial charge in [0.05, 0.1) is 28.5 Å². The van der Waals surface area contributed by atoms with Gasteiger partial charge in [0.2, 0.25) is 0 Å². The maximum Gasteiger partial charge on any atom is 0.198 e. The number of carbonyl (C=O) groups is 1. The average Bonchev–Trinajstić information content (AvgIpc) is 2.79. The summed E-state index contributed by atoms with van der Waals surface area (Å²) in [5.41, 5.74) is 0.807. The second kappa shape index (κ2) is 5.68. The largest absolute Gasteiger partial charge is 0.492 e. The van der Waals surface area contributed by atoms with Crippen molar-refractivity contribution in [2.24, 2.45) is 0 Å². The van der Waals surface area contributed by atoms with E-state index in [9.17, 15) is 4.79 Å². The number of halogens is 2. The summed E-state index contributed by atoms with van der Waals surface area (Å²) < 4.78 is 10.4. The highest BCUT2D eigenvalue weighted by Gasteiger charge is 2.19. The first-order valence-electron chi connectivity index (χ1n) is 5.75. The second-order valence-electron chi connectivity index (χ2n) is 3.92. The predicted octanol–water partition coefficient (Wildman–Crippen LogP) is 4.52. The molecule has 0 saturated heterocycles. The van der Waals surface area contributed by atoms with Gasteiger partial charge in [0.15, 0.2) is 5.78 Å². The molecule has 0 aliphatic heterocycles. The average molecular weight is 299 g/mol. The second-order valence-corrected chi connectivity index (χ2v) is 4.73. The number of rotatable bonds is 4. The lowest BCUT2D eigenvalue weighted by atomic mass is 10.0. The molecule has 0 saturated carbocycles. The standard InChI is InChI=1S/C14H12Cl2O3/c1-3-18-13-7-11(15)10(6-12(13)16)14(17)9-4-5-19-8(9)2/h4-7H,3H2,1-2H3. The molecule has 0 atom stereocenters. The van der Waals surface area contributed by atoms with Crippen molar-refractivity contribution in [3.8, 4) is 5.75 Å². The normalized spacial score (nSPS) is 10.5. The van der Waals surface area contributed by atoms with Crippen LogP contribution in [0.3, 0.4) is 0 Å². The molecule has 100 valence electrons. The number of hydrogen-bond donors (Lipinski definition) is 0. The number of carbonyl (C=O) groups excluding carboxylic acids is 1. The third-order valence-corrected chi connectivity index (χ3v) is 3.28. The van der Waals surface area contributed by atoms with E-state index in [0.717, 1.165) is 0 Å². The van der Waals surface area contributed by atoms with Crippen LogP contribution in [0.5, 0.6) is 5.75 Å². The third kappa shape index (κ3) is 2.77. The lowest BCUT2D eigenvalue weighted by molar-refractivity contribution is 0.103. The van der Waals surface area contributed by atoms with Crippen LogP contribution in [0.1, 0.15) is 28.6 Å². The molecule has 2 rings (SSSR count). The fourth-order valence-electron chi connectivity index (χ4n) is 1.73. The van der Waals surface area contributed by atoms with E-state index in [1.807, 2.05) is 6.92 Å². The molecule has 0 fully saturated rings. The quantitative estimate of drug-likeness (QED) is 0.779. The Morgan fingerprint density at radius 1 is 1.26 bits per heavy atom.